The quantitative estimate of drug-likeness (QED) is 0.512. The molecule has 0 aromatic rings. The molecule has 0 amide bonds. The van der Waals surface area contributed by atoms with E-state index >= 15 is 0 Å². The molecule has 2 heteroatoms. The largest absolute Gasteiger partial charge is 0.393 e. The zero-order chi connectivity index (χ0) is 9.23. The van der Waals surface area contributed by atoms with Gasteiger partial charge in [-0.2, -0.15) is 0 Å². The van der Waals surface area contributed by atoms with E-state index < -0.39 is 0 Å². The summed E-state index contributed by atoms with van der Waals surface area (Å²) in [4.78, 5) is 0. The molecule has 1 aliphatic rings. The van der Waals surface area contributed by atoms with Crippen LogP contribution in [0.25, 0.3) is 0 Å². The third kappa shape index (κ3) is 12.6. The average molecular weight is 174 g/mol. The fourth-order valence-electron chi connectivity index (χ4n) is 0.834. The molecule has 1 atom stereocenters. The lowest BCUT2D eigenvalue weighted by Gasteiger charge is -2.04. The van der Waals surface area contributed by atoms with Crippen molar-refractivity contribution in [2.24, 2.45) is 0 Å². The molecule has 1 rings (SSSR count). The van der Waals surface area contributed by atoms with Crippen molar-refractivity contribution in [3.8, 4) is 0 Å². The first-order valence-electron chi connectivity index (χ1n) is 5.07. The Balaban J connectivity index is 0.000000330. The molecule has 74 valence electrons. The van der Waals surface area contributed by atoms with Gasteiger partial charge in [0.25, 0.3) is 0 Å². The van der Waals surface area contributed by atoms with E-state index in [1.54, 1.807) is 0 Å². The molecule has 2 nitrogen and oxygen atoms in total. The van der Waals surface area contributed by atoms with Crippen molar-refractivity contribution in [1.82, 2.24) is 0 Å². The summed E-state index contributed by atoms with van der Waals surface area (Å²) in [6.45, 7) is 6.20. The van der Waals surface area contributed by atoms with Crippen LogP contribution >= 0.6 is 0 Å². The molecule has 1 N–H and O–H groups in total. The molecule has 0 radical (unpaired) electrons. The van der Waals surface area contributed by atoms with E-state index in [4.69, 9.17) is 5.11 Å². The van der Waals surface area contributed by atoms with Gasteiger partial charge in [-0.3, -0.25) is 0 Å². The third-order valence-electron chi connectivity index (χ3n) is 1.82. The minimum absolute atomic E-state index is 0.0449. The third-order valence-corrected chi connectivity index (χ3v) is 1.82. The minimum Gasteiger partial charge on any atom is -0.393 e. The molecule has 1 saturated heterocycles. The van der Waals surface area contributed by atoms with Crippen LogP contribution in [0.5, 0.6) is 0 Å². The second kappa shape index (κ2) is 9.01. The van der Waals surface area contributed by atoms with Gasteiger partial charge >= 0.3 is 0 Å². The van der Waals surface area contributed by atoms with Gasteiger partial charge in [-0.1, -0.05) is 33.1 Å². The fraction of sp³-hybridized carbons (Fsp3) is 1.00. The summed E-state index contributed by atoms with van der Waals surface area (Å²) in [5, 5.41) is 9.08. The van der Waals surface area contributed by atoms with Gasteiger partial charge in [0, 0.05) is 0 Å². The molecule has 0 saturated carbocycles. The van der Waals surface area contributed by atoms with E-state index in [0.29, 0.717) is 0 Å². The normalized spacial score (nSPS) is 16.2. The first-order valence-corrected chi connectivity index (χ1v) is 5.07. The van der Waals surface area contributed by atoms with Crippen LogP contribution in [0.4, 0.5) is 0 Å². The molecule has 0 aromatic heterocycles. The topological polar surface area (TPSA) is 32.8 Å². The molecule has 12 heavy (non-hydrogen) atoms. The molecule has 0 spiro atoms. The summed E-state index contributed by atoms with van der Waals surface area (Å²) < 4.78 is 4.50. The van der Waals surface area contributed by atoms with Gasteiger partial charge in [0.2, 0.25) is 0 Å². The number of rotatable bonds is 5. The predicted molar refractivity (Wildman–Crippen MR) is 51.3 cm³/mol. The molecule has 0 bridgehead atoms. The Bertz CT molecular complexity index is 79.2. The van der Waals surface area contributed by atoms with Crippen LogP contribution in [0.1, 0.15) is 46.0 Å². The highest BCUT2D eigenvalue weighted by molar-refractivity contribution is 4.51. The van der Waals surface area contributed by atoms with Gasteiger partial charge in [0.1, 0.15) is 0 Å². The van der Waals surface area contributed by atoms with Crippen LogP contribution in [-0.4, -0.2) is 24.4 Å². The van der Waals surface area contributed by atoms with Crippen LogP contribution < -0.4 is 0 Å². The van der Waals surface area contributed by atoms with Gasteiger partial charge < -0.3 is 9.84 Å². The SMILES string of the molecule is C1CO1.CCCCCC(O)CC. The van der Waals surface area contributed by atoms with E-state index in [1.165, 1.54) is 19.3 Å². The second-order valence-electron chi connectivity index (χ2n) is 3.17. The van der Waals surface area contributed by atoms with Gasteiger partial charge in [-0.05, 0) is 12.8 Å². The van der Waals surface area contributed by atoms with E-state index in [2.05, 4.69) is 11.7 Å². The first kappa shape index (κ1) is 11.9. The maximum Gasteiger partial charge on any atom is 0.0701 e. The van der Waals surface area contributed by atoms with Crippen molar-refractivity contribution < 1.29 is 9.84 Å². The molecular formula is C10H22O2. The molecule has 0 aromatic carbocycles. The van der Waals surface area contributed by atoms with Crippen LogP contribution in [0.15, 0.2) is 0 Å². The van der Waals surface area contributed by atoms with Gasteiger partial charge in [-0.15, -0.1) is 0 Å². The lowest BCUT2D eigenvalue weighted by Crippen LogP contribution is -2.02. The molecule has 1 aliphatic heterocycles. The van der Waals surface area contributed by atoms with Crippen molar-refractivity contribution in [3.63, 3.8) is 0 Å². The van der Waals surface area contributed by atoms with Crippen LogP contribution in [-0.2, 0) is 4.74 Å². The standard InChI is InChI=1S/C8H18O.C2H4O/c1-3-5-6-7-8(9)4-2;1-2-3-1/h8-9H,3-7H2,1-2H3;1-2H2. The number of hydrogen-bond acceptors (Lipinski definition) is 2. The monoisotopic (exact) mass is 174 g/mol. The molecule has 0 aliphatic carbocycles. The summed E-state index contributed by atoms with van der Waals surface area (Å²) in [6, 6.07) is 0. The van der Waals surface area contributed by atoms with Crippen molar-refractivity contribution in [2.45, 2.75) is 52.1 Å². The van der Waals surface area contributed by atoms with Crippen molar-refractivity contribution in [2.75, 3.05) is 13.2 Å². The smallest absolute Gasteiger partial charge is 0.0701 e. The number of epoxide rings is 1. The van der Waals surface area contributed by atoms with E-state index in [-0.39, 0.29) is 6.10 Å². The molecular weight excluding hydrogens is 152 g/mol. The van der Waals surface area contributed by atoms with Gasteiger partial charge in [0.15, 0.2) is 0 Å². The van der Waals surface area contributed by atoms with Crippen LogP contribution in [0.2, 0.25) is 0 Å². The Morgan fingerprint density at radius 1 is 1.25 bits per heavy atom. The number of aliphatic hydroxyl groups excluding tert-OH is 1. The average Bonchev–Trinajstić information content (AvgIpc) is 2.90. The van der Waals surface area contributed by atoms with Crippen LogP contribution in [0, 0.1) is 0 Å². The Morgan fingerprint density at radius 3 is 2.17 bits per heavy atom. The lowest BCUT2D eigenvalue weighted by atomic mass is 10.1. The Labute approximate surface area is 75.9 Å². The maximum absolute atomic E-state index is 9.08. The highest BCUT2D eigenvalue weighted by Gasteiger charge is 1.97. The Hall–Kier alpha value is -0.0800. The van der Waals surface area contributed by atoms with Crippen molar-refractivity contribution in [1.29, 1.82) is 0 Å². The Kier molecular flexibility index (Phi) is 8.95. The summed E-state index contributed by atoms with van der Waals surface area (Å²) >= 11 is 0. The Morgan fingerprint density at radius 2 is 1.83 bits per heavy atom. The van der Waals surface area contributed by atoms with Crippen molar-refractivity contribution in [3.05, 3.63) is 0 Å². The van der Waals surface area contributed by atoms with Gasteiger partial charge in [-0.25, -0.2) is 0 Å². The van der Waals surface area contributed by atoms with Gasteiger partial charge in [0.05, 0.1) is 19.3 Å². The fourth-order valence-corrected chi connectivity index (χ4v) is 0.834. The number of ether oxygens (including phenoxy) is 1. The highest BCUT2D eigenvalue weighted by Crippen LogP contribution is 2.04. The second-order valence-corrected chi connectivity index (χ2v) is 3.17. The summed E-state index contributed by atoms with van der Waals surface area (Å²) in [7, 11) is 0. The summed E-state index contributed by atoms with van der Waals surface area (Å²) in [5.74, 6) is 0. The van der Waals surface area contributed by atoms with Crippen LogP contribution in [0.3, 0.4) is 0 Å². The van der Waals surface area contributed by atoms with E-state index in [9.17, 15) is 0 Å². The minimum atomic E-state index is -0.0449. The molecule has 1 fully saturated rings. The lowest BCUT2D eigenvalue weighted by molar-refractivity contribution is 0.156. The zero-order valence-electron chi connectivity index (χ0n) is 8.38. The summed E-state index contributed by atoms with van der Waals surface area (Å²) in [5.41, 5.74) is 0. The molecule has 1 unspecified atom stereocenters. The van der Waals surface area contributed by atoms with E-state index in [1.807, 2.05) is 6.92 Å². The van der Waals surface area contributed by atoms with Crippen molar-refractivity contribution >= 4 is 0 Å². The maximum atomic E-state index is 9.08. The zero-order valence-corrected chi connectivity index (χ0v) is 8.38. The molecule has 1 heterocycles. The summed E-state index contributed by atoms with van der Waals surface area (Å²) in [6.07, 6.45) is 5.55. The highest BCUT2D eigenvalue weighted by atomic mass is 16.6. The van der Waals surface area contributed by atoms with E-state index in [0.717, 1.165) is 26.1 Å². The predicted octanol–water partition coefficient (Wildman–Crippen LogP) is 2.35. The number of hydrogen-bond donors (Lipinski definition) is 1. The number of aliphatic hydroxyl groups is 1. The number of unbranched alkanes of at least 4 members (excludes halogenated alkanes) is 2. The first-order chi connectivity index (χ1) is 5.81.